The van der Waals surface area contributed by atoms with Crippen LogP contribution in [0.15, 0.2) is 36.7 Å². The Morgan fingerprint density at radius 1 is 0.870 bits per heavy atom. The van der Waals surface area contributed by atoms with Crippen molar-refractivity contribution in [1.29, 1.82) is 0 Å². The zero-order valence-electron chi connectivity index (χ0n) is 12.1. The first kappa shape index (κ1) is 15.5. The van der Waals surface area contributed by atoms with Gasteiger partial charge in [0.05, 0.1) is 0 Å². The number of nitrogens with zero attached hydrogens (tertiary/aromatic N) is 4. The largest absolute Gasteiger partial charge is 0.433 e. The summed E-state index contributed by atoms with van der Waals surface area (Å²) < 4.78 is 51.0. The molecule has 1 aromatic heterocycles. The van der Waals surface area contributed by atoms with Crippen molar-refractivity contribution in [2.24, 2.45) is 0 Å². The van der Waals surface area contributed by atoms with Crippen molar-refractivity contribution in [2.45, 2.75) is 6.18 Å². The molecule has 0 aliphatic carbocycles. The maximum atomic E-state index is 12.9. The molecule has 0 unspecified atom stereocenters. The van der Waals surface area contributed by atoms with E-state index in [0.29, 0.717) is 26.2 Å². The molecule has 1 aromatic carbocycles. The molecule has 2 heterocycles. The molecule has 0 spiro atoms. The summed E-state index contributed by atoms with van der Waals surface area (Å²) in [7, 11) is 0. The first-order valence-corrected chi connectivity index (χ1v) is 7.08. The summed E-state index contributed by atoms with van der Waals surface area (Å²) in [6.07, 6.45) is -3.54. The topological polar surface area (TPSA) is 32.3 Å². The zero-order chi connectivity index (χ0) is 16.4. The third kappa shape index (κ3) is 3.52. The molecule has 0 amide bonds. The lowest BCUT2D eigenvalue weighted by Crippen LogP contribution is -2.46. The van der Waals surface area contributed by atoms with Gasteiger partial charge in [0.25, 0.3) is 0 Å². The number of hydrogen-bond donors (Lipinski definition) is 0. The number of aromatic nitrogens is 2. The number of rotatable bonds is 2. The summed E-state index contributed by atoms with van der Waals surface area (Å²) in [6, 6.07) is 7.13. The molecule has 1 saturated heterocycles. The van der Waals surface area contributed by atoms with Gasteiger partial charge in [-0.2, -0.15) is 13.2 Å². The second-order valence-electron chi connectivity index (χ2n) is 5.21. The van der Waals surface area contributed by atoms with Crippen LogP contribution in [0.1, 0.15) is 5.69 Å². The number of hydrogen-bond acceptors (Lipinski definition) is 4. The molecule has 0 atom stereocenters. The third-order valence-electron chi connectivity index (χ3n) is 3.74. The van der Waals surface area contributed by atoms with E-state index in [1.807, 2.05) is 0 Å². The molecule has 8 heteroatoms. The highest BCUT2D eigenvalue weighted by Gasteiger charge is 2.33. The summed E-state index contributed by atoms with van der Waals surface area (Å²) in [5.74, 6) is -0.0286. The monoisotopic (exact) mass is 326 g/mol. The van der Waals surface area contributed by atoms with E-state index < -0.39 is 11.9 Å². The molecule has 0 N–H and O–H groups in total. The highest BCUT2D eigenvalue weighted by atomic mass is 19.4. The van der Waals surface area contributed by atoms with E-state index >= 15 is 0 Å². The van der Waals surface area contributed by atoms with Crippen molar-refractivity contribution in [2.75, 3.05) is 36.0 Å². The second kappa shape index (κ2) is 6.02. The quantitative estimate of drug-likeness (QED) is 0.794. The van der Waals surface area contributed by atoms with Gasteiger partial charge in [-0.25, -0.2) is 14.4 Å². The maximum absolute atomic E-state index is 12.9. The van der Waals surface area contributed by atoms with Gasteiger partial charge in [-0.3, -0.25) is 0 Å². The fourth-order valence-electron chi connectivity index (χ4n) is 2.52. The van der Waals surface area contributed by atoms with Crippen molar-refractivity contribution in [1.82, 2.24) is 9.97 Å². The van der Waals surface area contributed by atoms with E-state index in [4.69, 9.17) is 0 Å². The lowest BCUT2D eigenvalue weighted by molar-refractivity contribution is -0.141. The first-order chi connectivity index (χ1) is 10.9. The van der Waals surface area contributed by atoms with Gasteiger partial charge < -0.3 is 9.80 Å². The van der Waals surface area contributed by atoms with Crippen LogP contribution in [0.3, 0.4) is 0 Å². The Hall–Kier alpha value is -2.38. The van der Waals surface area contributed by atoms with Gasteiger partial charge in [0.15, 0.2) is 0 Å². The molecule has 0 saturated carbocycles. The summed E-state index contributed by atoms with van der Waals surface area (Å²) >= 11 is 0. The normalized spacial score (nSPS) is 15.8. The van der Waals surface area contributed by atoms with Crippen molar-refractivity contribution in [3.8, 4) is 0 Å². The standard InChI is InChI=1S/C15H14F4N4/c16-11-1-3-12(4-2-11)22-5-7-23(8-6-22)14-9-13(15(17,18)19)20-10-21-14/h1-4,9-10H,5-8H2. The number of alkyl halides is 3. The third-order valence-corrected chi connectivity index (χ3v) is 3.74. The number of anilines is 2. The lowest BCUT2D eigenvalue weighted by atomic mass is 10.2. The summed E-state index contributed by atoms with van der Waals surface area (Å²) in [5.41, 5.74) is -0.0480. The van der Waals surface area contributed by atoms with Crippen LogP contribution in [0.4, 0.5) is 29.1 Å². The molecular formula is C15H14F4N4. The van der Waals surface area contributed by atoms with Crippen molar-refractivity contribution < 1.29 is 17.6 Å². The fourth-order valence-corrected chi connectivity index (χ4v) is 2.52. The Morgan fingerprint density at radius 3 is 2.09 bits per heavy atom. The molecule has 122 valence electrons. The molecule has 0 radical (unpaired) electrons. The van der Waals surface area contributed by atoms with E-state index in [2.05, 4.69) is 14.9 Å². The molecule has 0 bridgehead atoms. The van der Waals surface area contributed by atoms with Crippen LogP contribution in [-0.2, 0) is 6.18 Å². The fraction of sp³-hybridized carbons (Fsp3) is 0.333. The zero-order valence-corrected chi connectivity index (χ0v) is 12.1. The lowest BCUT2D eigenvalue weighted by Gasteiger charge is -2.36. The average Bonchev–Trinajstić information content (AvgIpc) is 2.55. The van der Waals surface area contributed by atoms with Crippen LogP contribution >= 0.6 is 0 Å². The van der Waals surface area contributed by atoms with Gasteiger partial charge in [0.2, 0.25) is 0 Å². The van der Waals surface area contributed by atoms with Gasteiger partial charge in [-0.05, 0) is 24.3 Å². The van der Waals surface area contributed by atoms with Crippen molar-refractivity contribution >= 4 is 11.5 Å². The molecular weight excluding hydrogens is 312 g/mol. The molecule has 1 aliphatic rings. The highest BCUT2D eigenvalue weighted by Crippen LogP contribution is 2.29. The molecule has 1 fully saturated rings. The van der Waals surface area contributed by atoms with E-state index in [9.17, 15) is 17.6 Å². The number of benzene rings is 1. The van der Waals surface area contributed by atoms with Gasteiger partial charge >= 0.3 is 6.18 Å². The van der Waals surface area contributed by atoms with E-state index in [1.165, 1.54) is 12.1 Å². The SMILES string of the molecule is Fc1ccc(N2CCN(c3cc(C(F)(F)F)ncn3)CC2)cc1. The van der Waals surface area contributed by atoms with E-state index in [-0.39, 0.29) is 11.6 Å². The Kier molecular flexibility index (Phi) is 4.06. The molecule has 2 aromatic rings. The molecule has 3 rings (SSSR count). The van der Waals surface area contributed by atoms with Crippen LogP contribution in [0.2, 0.25) is 0 Å². The molecule has 1 aliphatic heterocycles. The Morgan fingerprint density at radius 2 is 1.48 bits per heavy atom. The van der Waals surface area contributed by atoms with Crippen LogP contribution in [-0.4, -0.2) is 36.1 Å². The minimum atomic E-state index is -4.48. The van der Waals surface area contributed by atoms with Crippen LogP contribution in [0, 0.1) is 5.82 Å². The van der Waals surface area contributed by atoms with E-state index in [1.54, 1.807) is 17.0 Å². The number of piperazine rings is 1. The predicted octanol–water partition coefficient (Wildman–Crippen LogP) is 2.96. The van der Waals surface area contributed by atoms with Crippen molar-refractivity contribution in [3.63, 3.8) is 0 Å². The van der Waals surface area contributed by atoms with Crippen LogP contribution in [0.25, 0.3) is 0 Å². The Labute approximate surface area is 130 Å². The number of halogens is 4. The van der Waals surface area contributed by atoms with Crippen molar-refractivity contribution in [3.05, 3.63) is 48.2 Å². The van der Waals surface area contributed by atoms with Crippen LogP contribution < -0.4 is 9.80 Å². The average molecular weight is 326 g/mol. The second-order valence-corrected chi connectivity index (χ2v) is 5.21. The molecule has 23 heavy (non-hydrogen) atoms. The van der Waals surface area contributed by atoms with Gasteiger partial charge in [0.1, 0.15) is 23.7 Å². The molecule has 4 nitrogen and oxygen atoms in total. The summed E-state index contributed by atoms with van der Waals surface area (Å²) in [6.45, 7) is 2.31. The smallest absolute Gasteiger partial charge is 0.368 e. The summed E-state index contributed by atoms with van der Waals surface area (Å²) in [4.78, 5) is 11.0. The van der Waals surface area contributed by atoms with Crippen LogP contribution in [0.5, 0.6) is 0 Å². The predicted molar refractivity (Wildman–Crippen MR) is 77.9 cm³/mol. The summed E-state index contributed by atoms with van der Waals surface area (Å²) in [5, 5.41) is 0. The highest BCUT2D eigenvalue weighted by molar-refractivity contribution is 5.49. The maximum Gasteiger partial charge on any atom is 0.433 e. The van der Waals surface area contributed by atoms with Gasteiger partial charge in [-0.1, -0.05) is 0 Å². The van der Waals surface area contributed by atoms with E-state index in [0.717, 1.165) is 18.1 Å². The minimum absolute atomic E-state index is 0.270. The van der Waals surface area contributed by atoms with Gasteiger partial charge in [0, 0.05) is 37.9 Å². The Balaban J connectivity index is 1.68. The van der Waals surface area contributed by atoms with Gasteiger partial charge in [-0.15, -0.1) is 0 Å². The Bertz CT molecular complexity index is 664. The minimum Gasteiger partial charge on any atom is -0.368 e. The first-order valence-electron chi connectivity index (χ1n) is 7.08.